The van der Waals surface area contributed by atoms with Crippen molar-refractivity contribution in [3.05, 3.63) is 0 Å². The first-order valence-corrected chi connectivity index (χ1v) is 5.65. The molecule has 0 aliphatic rings. The lowest BCUT2D eigenvalue weighted by molar-refractivity contribution is -0.126. The molecule has 4 nitrogen and oxygen atoms in total. The number of rotatable bonds is 7. The van der Waals surface area contributed by atoms with E-state index >= 15 is 0 Å². The van der Waals surface area contributed by atoms with Gasteiger partial charge in [-0.1, -0.05) is 20.8 Å². The summed E-state index contributed by atoms with van der Waals surface area (Å²) in [5.74, 6) is 0.451. The zero-order valence-corrected chi connectivity index (χ0v) is 13.1. The number of hydrogen-bond acceptors (Lipinski definition) is 3. The van der Waals surface area contributed by atoms with Crippen molar-refractivity contribution in [2.45, 2.75) is 26.8 Å². The summed E-state index contributed by atoms with van der Waals surface area (Å²) in [6.45, 7) is 8.66. The minimum Gasteiger partial charge on any atom is -0.353 e. The molecule has 2 N–H and O–H groups in total. The summed E-state index contributed by atoms with van der Waals surface area (Å²) < 4.78 is 0. The highest BCUT2D eigenvalue weighted by molar-refractivity contribution is 5.85. The number of carbonyl (C=O) groups excluding carboxylic acids is 1. The first-order valence-electron chi connectivity index (χ1n) is 5.65. The van der Waals surface area contributed by atoms with Gasteiger partial charge in [-0.15, -0.1) is 24.8 Å². The zero-order valence-electron chi connectivity index (χ0n) is 11.4. The van der Waals surface area contributed by atoms with Crippen LogP contribution in [0.3, 0.4) is 0 Å². The van der Waals surface area contributed by atoms with Gasteiger partial charge in [0.05, 0.1) is 6.04 Å². The Morgan fingerprint density at radius 2 is 1.71 bits per heavy atom. The number of likely N-dealkylation sites (N-methyl/N-ethyl adjacent to an activating group) is 2. The third kappa shape index (κ3) is 9.65. The molecule has 0 fully saturated rings. The monoisotopic (exact) mass is 287 g/mol. The molecule has 0 aromatic rings. The maximum atomic E-state index is 11.8. The molecule has 0 radical (unpaired) electrons. The molecule has 0 saturated heterocycles. The molecular weight excluding hydrogens is 261 g/mol. The summed E-state index contributed by atoms with van der Waals surface area (Å²) in [5.41, 5.74) is 0. The number of nitrogens with zero attached hydrogens (tertiary/aromatic N) is 1. The summed E-state index contributed by atoms with van der Waals surface area (Å²) in [4.78, 5) is 13.8. The van der Waals surface area contributed by atoms with Crippen LogP contribution in [0.5, 0.6) is 0 Å². The molecule has 1 atom stereocenters. The smallest absolute Gasteiger partial charge is 0.237 e. The van der Waals surface area contributed by atoms with Gasteiger partial charge < -0.3 is 10.6 Å². The van der Waals surface area contributed by atoms with Crippen molar-refractivity contribution < 1.29 is 4.79 Å². The van der Waals surface area contributed by atoms with Gasteiger partial charge in [-0.05, 0) is 26.6 Å². The third-order valence-electron chi connectivity index (χ3n) is 2.31. The Labute approximate surface area is 118 Å². The van der Waals surface area contributed by atoms with Gasteiger partial charge in [-0.25, -0.2) is 0 Å². The van der Waals surface area contributed by atoms with Crippen LogP contribution in [0.25, 0.3) is 0 Å². The average molecular weight is 288 g/mol. The summed E-state index contributed by atoms with van der Waals surface area (Å²) >= 11 is 0. The van der Waals surface area contributed by atoms with Gasteiger partial charge in [-0.2, -0.15) is 0 Å². The van der Waals surface area contributed by atoms with E-state index in [0.29, 0.717) is 12.5 Å². The molecule has 6 heteroatoms. The lowest BCUT2D eigenvalue weighted by Crippen LogP contribution is -2.48. The lowest BCUT2D eigenvalue weighted by atomic mass is 10.0. The van der Waals surface area contributed by atoms with E-state index in [1.54, 1.807) is 0 Å². The van der Waals surface area contributed by atoms with Gasteiger partial charge in [0.1, 0.15) is 0 Å². The van der Waals surface area contributed by atoms with Crippen LogP contribution in [0.15, 0.2) is 0 Å². The molecule has 0 rings (SSSR count). The second-order valence-electron chi connectivity index (χ2n) is 4.30. The second-order valence-corrected chi connectivity index (χ2v) is 4.30. The molecule has 106 valence electrons. The minimum atomic E-state index is -0.0355. The molecule has 0 aromatic heterocycles. The van der Waals surface area contributed by atoms with Crippen molar-refractivity contribution >= 4 is 30.7 Å². The largest absolute Gasteiger partial charge is 0.353 e. The standard InChI is InChI=1S/C11H25N3O.2ClH/c1-6-12-7-8-13-11(15)10(9(2)3)14(4)5;;/h9-10,12H,6-8H2,1-5H3,(H,13,15);2*1H. The molecule has 0 aromatic carbocycles. The summed E-state index contributed by atoms with van der Waals surface area (Å²) in [5, 5.41) is 6.11. The van der Waals surface area contributed by atoms with Gasteiger partial charge in [0, 0.05) is 13.1 Å². The van der Waals surface area contributed by atoms with E-state index in [9.17, 15) is 4.79 Å². The van der Waals surface area contributed by atoms with E-state index in [1.165, 1.54) is 0 Å². The fourth-order valence-corrected chi connectivity index (χ4v) is 1.69. The lowest BCUT2D eigenvalue weighted by Gasteiger charge is -2.26. The maximum Gasteiger partial charge on any atom is 0.237 e. The third-order valence-corrected chi connectivity index (χ3v) is 2.31. The summed E-state index contributed by atoms with van der Waals surface area (Å²) in [6.07, 6.45) is 0. The molecule has 0 aliphatic carbocycles. The van der Waals surface area contributed by atoms with E-state index in [-0.39, 0.29) is 36.8 Å². The molecule has 0 spiro atoms. The quantitative estimate of drug-likeness (QED) is 0.691. The Hall–Kier alpha value is -0.0300. The Morgan fingerprint density at radius 3 is 2.06 bits per heavy atom. The Kier molecular flexibility index (Phi) is 16.2. The number of hydrogen-bond donors (Lipinski definition) is 2. The Bertz CT molecular complexity index is 182. The normalized spacial score (nSPS) is 11.7. The fourth-order valence-electron chi connectivity index (χ4n) is 1.69. The molecule has 0 aliphatic heterocycles. The predicted molar refractivity (Wildman–Crippen MR) is 78.4 cm³/mol. The maximum absolute atomic E-state index is 11.8. The topological polar surface area (TPSA) is 44.4 Å². The van der Waals surface area contributed by atoms with E-state index in [4.69, 9.17) is 0 Å². The highest BCUT2D eigenvalue weighted by Gasteiger charge is 2.23. The van der Waals surface area contributed by atoms with Crippen LogP contribution in [0, 0.1) is 5.92 Å². The Morgan fingerprint density at radius 1 is 1.18 bits per heavy atom. The van der Waals surface area contributed by atoms with Crippen LogP contribution >= 0.6 is 24.8 Å². The van der Waals surface area contributed by atoms with Crippen LogP contribution in [-0.4, -0.2) is 50.6 Å². The number of amides is 1. The number of halogens is 2. The van der Waals surface area contributed by atoms with Gasteiger partial charge >= 0.3 is 0 Å². The van der Waals surface area contributed by atoms with E-state index < -0.39 is 0 Å². The van der Waals surface area contributed by atoms with Crippen molar-refractivity contribution in [3.8, 4) is 0 Å². The molecule has 1 amide bonds. The fraction of sp³-hybridized carbons (Fsp3) is 0.909. The van der Waals surface area contributed by atoms with Gasteiger partial charge in [0.15, 0.2) is 0 Å². The van der Waals surface area contributed by atoms with E-state index in [2.05, 4.69) is 31.4 Å². The number of nitrogens with one attached hydrogen (secondary N) is 2. The predicted octanol–water partition coefficient (Wildman–Crippen LogP) is 1.14. The molecule has 17 heavy (non-hydrogen) atoms. The molecule has 0 saturated carbocycles. The van der Waals surface area contributed by atoms with Crippen molar-refractivity contribution in [3.63, 3.8) is 0 Å². The van der Waals surface area contributed by atoms with Crippen LogP contribution in [0.2, 0.25) is 0 Å². The SMILES string of the molecule is CCNCCNC(=O)C(C(C)C)N(C)C.Cl.Cl. The van der Waals surface area contributed by atoms with Crippen molar-refractivity contribution in [2.75, 3.05) is 33.7 Å². The molecule has 0 bridgehead atoms. The second kappa shape index (κ2) is 12.4. The van der Waals surface area contributed by atoms with E-state index in [0.717, 1.165) is 13.1 Å². The van der Waals surface area contributed by atoms with Crippen LogP contribution in [0.4, 0.5) is 0 Å². The van der Waals surface area contributed by atoms with Crippen molar-refractivity contribution in [1.82, 2.24) is 15.5 Å². The van der Waals surface area contributed by atoms with Crippen molar-refractivity contribution in [1.29, 1.82) is 0 Å². The van der Waals surface area contributed by atoms with Gasteiger partial charge in [-0.3, -0.25) is 9.69 Å². The summed E-state index contributed by atoms with van der Waals surface area (Å²) in [7, 11) is 3.88. The average Bonchev–Trinajstić information content (AvgIpc) is 2.11. The molecule has 1 unspecified atom stereocenters. The summed E-state index contributed by atoms with van der Waals surface area (Å²) in [6, 6.07) is -0.0355. The number of carbonyl (C=O) groups is 1. The highest BCUT2D eigenvalue weighted by Crippen LogP contribution is 2.06. The molecule has 0 heterocycles. The highest BCUT2D eigenvalue weighted by atomic mass is 35.5. The molecular formula is C11H27Cl2N3O. The van der Waals surface area contributed by atoms with Crippen LogP contribution in [0.1, 0.15) is 20.8 Å². The first-order chi connectivity index (χ1) is 7.00. The minimum absolute atomic E-state index is 0. The van der Waals surface area contributed by atoms with Crippen LogP contribution in [-0.2, 0) is 4.79 Å². The zero-order chi connectivity index (χ0) is 11.8. The first kappa shape index (κ1) is 22.2. The van der Waals surface area contributed by atoms with Crippen LogP contribution < -0.4 is 10.6 Å². The van der Waals surface area contributed by atoms with Crippen molar-refractivity contribution in [2.24, 2.45) is 5.92 Å². The van der Waals surface area contributed by atoms with E-state index in [1.807, 2.05) is 19.0 Å². The van der Waals surface area contributed by atoms with Gasteiger partial charge in [0.2, 0.25) is 5.91 Å². The Balaban J connectivity index is -0.000000980. The van der Waals surface area contributed by atoms with Gasteiger partial charge in [0.25, 0.3) is 0 Å².